The normalized spacial score (nSPS) is 9.35. The molecule has 0 saturated heterocycles. The Kier molecular flexibility index (Phi) is 22.9. The molecule has 2 N–H and O–H groups in total. The van der Waals surface area contributed by atoms with Crippen LogP contribution < -0.4 is 10.4 Å². The van der Waals surface area contributed by atoms with Gasteiger partial charge in [0.2, 0.25) is 0 Å². The first-order chi connectivity index (χ1) is 17.5. The standard InChI is InChI=1S/C12H10O2Si.2C7H10P.4ClH.2Zr/c13-9-1-5-11(6-2-9)15-12-7-3-10(14)4-8-12;2*1-5-4-6(2)8-7(5)3;;;;;;/h1,3,5-8,13-14H,15H2;2*4H,1-3H3;4*1H;;/q-2;2*-1;;;;;2*+4/p-4. The first-order valence-corrected chi connectivity index (χ1v) is 26.8. The van der Waals surface area contributed by atoms with Crippen molar-refractivity contribution in [1.82, 2.24) is 0 Å². The Morgan fingerprint density at radius 1 is 0.703 bits per heavy atom. The third-order valence-electron chi connectivity index (χ3n) is 4.81. The van der Waals surface area contributed by atoms with E-state index in [1.807, 2.05) is 24.3 Å². The van der Waals surface area contributed by atoms with Gasteiger partial charge in [-0.2, -0.15) is 68.5 Å². The molecule has 2 aromatic carbocycles. The van der Waals surface area contributed by atoms with Gasteiger partial charge in [-0.25, -0.2) is 16.4 Å². The summed E-state index contributed by atoms with van der Waals surface area (Å²) in [6.07, 6.45) is 0. The molecule has 37 heavy (non-hydrogen) atoms. The third-order valence-corrected chi connectivity index (χ3v) is 8.85. The Labute approximate surface area is 265 Å². The molecule has 0 aliphatic rings. The molecule has 0 saturated carbocycles. The fraction of sp³-hybridized carbons (Fsp3) is 0.231. The molecule has 0 atom stereocenters. The van der Waals surface area contributed by atoms with Gasteiger partial charge in [-0.05, 0) is 9.52 Å². The van der Waals surface area contributed by atoms with Crippen LogP contribution in [0.3, 0.4) is 0 Å². The zero-order valence-electron chi connectivity index (χ0n) is 21.6. The van der Waals surface area contributed by atoms with Crippen LogP contribution >= 0.6 is 50.4 Å². The fourth-order valence-corrected chi connectivity index (χ4v) is 6.37. The van der Waals surface area contributed by atoms with E-state index < -0.39 is 51.2 Å². The van der Waals surface area contributed by atoms with Crippen LogP contribution in [-0.2, 0) is 41.7 Å². The number of halogens is 4. The van der Waals surface area contributed by atoms with Gasteiger partial charge in [0.1, 0.15) is 0 Å². The van der Waals surface area contributed by atoms with Crippen molar-refractivity contribution in [3.63, 3.8) is 0 Å². The molecule has 2 nitrogen and oxygen atoms in total. The van der Waals surface area contributed by atoms with Gasteiger partial charge >= 0.3 is 75.7 Å². The maximum atomic E-state index is 9.08. The molecule has 0 spiro atoms. The summed E-state index contributed by atoms with van der Waals surface area (Å²) in [6, 6.07) is 20.8. The molecular formula is C26H30Cl4O2P2SiZr2. The van der Waals surface area contributed by atoms with E-state index in [1.165, 1.54) is 59.1 Å². The van der Waals surface area contributed by atoms with Gasteiger partial charge in [0.15, 0.2) is 0 Å². The summed E-state index contributed by atoms with van der Waals surface area (Å²) in [7, 11) is 22.0. The molecular weight excluding hydrogens is 759 g/mol. The Morgan fingerprint density at radius 3 is 1.19 bits per heavy atom. The van der Waals surface area contributed by atoms with E-state index >= 15 is 0 Å². The molecule has 0 unspecified atom stereocenters. The average Bonchev–Trinajstić information content (AvgIpc) is 3.29. The molecule has 4 rings (SSSR count). The summed E-state index contributed by atoms with van der Waals surface area (Å²) >= 11 is -1.65. The van der Waals surface area contributed by atoms with Crippen LogP contribution in [-0.4, -0.2) is 19.7 Å². The fourth-order valence-electron chi connectivity index (χ4n) is 2.96. The maximum absolute atomic E-state index is 9.08. The second-order valence-electron chi connectivity index (χ2n) is 7.82. The van der Waals surface area contributed by atoms with Crippen LogP contribution in [0.1, 0.15) is 32.3 Å². The molecule has 0 aliphatic heterocycles. The summed E-state index contributed by atoms with van der Waals surface area (Å²) in [5, 5.41) is 26.5. The Morgan fingerprint density at radius 2 is 1.03 bits per heavy atom. The molecule has 0 bridgehead atoms. The number of hydrogen-bond acceptors (Lipinski definition) is 2. The summed E-state index contributed by atoms with van der Waals surface area (Å²) in [5.74, 6) is 0.343. The Hall–Kier alpha value is 0.743. The van der Waals surface area contributed by atoms with Crippen molar-refractivity contribution >= 4 is 70.3 Å². The monoisotopic (exact) mass is 784 g/mol. The number of benzene rings is 2. The van der Waals surface area contributed by atoms with E-state index in [0.29, 0.717) is 0 Å². The first kappa shape index (κ1) is 37.7. The van der Waals surface area contributed by atoms with E-state index in [1.54, 1.807) is 12.1 Å². The van der Waals surface area contributed by atoms with Crippen LogP contribution in [0, 0.1) is 53.7 Å². The summed E-state index contributed by atoms with van der Waals surface area (Å²) in [5.41, 5.74) is 2.90. The van der Waals surface area contributed by atoms with E-state index in [9.17, 15) is 0 Å². The predicted octanol–water partition coefficient (Wildman–Crippen LogP) is 8.39. The van der Waals surface area contributed by atoms with Crippen LogP contribution in [0.4, 0.5) is 0 Å². The number of hydrogen-bond donors (Lipinski definition) is 2. The molecule has 0 aliphatic carbocycles. The van der Waals surface area contributed by atoms with Gasteiger partial charge in [-0.1, -0.05) is 41.5 Å². The molecule has 0 fully saturated rings. The SMILES string of the molecule is Cc1c[c-](C)pc1C.Cc1c[c-](C)pc1C.Oc1[c-]cc([SiH2]c2c[c-]c(O)cc2)cc1.[Cl][Zr+2][Cl].[Cl][Zr+2][Cl]. The van der Waals surface area contributed by atoms with Gasteiger partial charge in [-0.15, -0.1) is 34.9 Å². The van der Waals surface area contributed by atoms with E-state index in [4.69, 9.17) is 44.3 Å². The van der Waals surface area contributed by atoms with Crippen molar-refractivity contribution in [2.24, 2.45) is 0 Å². The predicted molar refractivity (Wildman–Crippen MR) is 163 cm³/mol. The van der Waals surface area contributed by atoms with E-state index in [-0.39, 0.29) is 11.5 Å². The second-order valence-corrected chi connectivity index (χ2v) is 20.5. The summed E-state index contributed by atoms with van der Waals surface area (Å²) in [4.78, 5) is 0. The van der Waals surface area contributed by atoms with E-state index in [2.05, 4.69) is 65.8 Å². The Balaban J connectivity index is 0.000000503. The molecule has 196 valence electrons. The van der Waals surface area contributed by atoms with Crippen molar-refractivity contribution in [3.05, 3.63) is 93.0 Å². The van der Waals surface area contributed by atoms with Gasteiger partial charge in [0.25, 0.3) is 0 Å². The molecule has 2 heterocycles. The third kappa shape index (κ3) is 18.7. The van der Waals surface area contributed by atoms with Crippen molar-refractivity contribution < 1.29 is 51.9 Å². The number of phenols is 2. The van der Waals surface area contributed by atoms with Crippen LogP contribution in [0.5, 0.6) is 11.5 Å². The van der Waals surface area contributed by atoms with Gasteiger partial charge in [0, 0.05) is 11.5 Å². The summed E-state index contributed by atoms with van der Waals surface area (Å²) in [6.45, 7) is 13.0. The molecule has 4 aromatic rings. The summed E-state index contributed by atoms with van der Waals surface area (Å²) < 4.78 is 0. The zero-order valence-corrected chi connectivity index (χ0v) is 32.8. The van der Waals surface area contributed by atoms with E-state index in [0.717, 1.165) is 0 Å². The molecule has 0 amide bonds. The quantitative estimate of drug-likeness (QED) is 0.158. The van der Waals surface area contributed by atoms with Gasteiger partial charge in [-0.3, -0.25) is 0 Å². The second kappa shape index (κ2) is 22.4. The van der Waals surface area contributed by atoms with Gasteiger partial charge < -0.3 is 10.2 Å². The number of phenolic OH excluding ortho intramolecular Hbond substituents is 2. The van der Waals surface area contributed by atoms with Crippen molar-refractivity contribution in [1.29, 1.82) is 0 Å². The minimum atomic E-state index is -0.826. The van der Waals surface area contributed by atoms with Crippen LogP contribution in [0.25, 0.3) is 0 Å². The number of aryl methyl sites for hydroxylation is 6. The van der Waals surface area contributed by atoms with Crippen LogP contribution in [0.2, 0.25) is 0 Å². The topological polar surface area (TPSA) is 40.5 Å². The average molecular weight is 789 g/mol. The first-order valence-electron chi connectivity index (χ1n) is 10.9. The number of aromatic hydroxyl groups is 2. The molecule has 2 aromatic heterocycles. The molecule has 11 heteroatoms. The van der Waals surface area contributed by atoms with Gasteiger partial charge in [0.05, 0.1) is 0 Å². The molecule has 0 radical (unpaired) electrons. The minimum absolute atomic E-state index is 0.171. The van der Waals surface area contributed by atoms with Crippen molar-refractivity contribution in [2.75, 3.05) is 0 Å². The van der Waals surface area contributed by atoms with Crippen molar-refractivity contribution in [2.45, 2.75) is 41.5 Å². The van der Waals surface area contributed by atoms with Crippen LogP contribution in [0.15, 0.2) is 48.5 Å². The zero-order chi connectivity index (χ0) is 28.4. The van der Waals surface area contributed by atoms with Crippen molar-refractivity contribution in [3.8, 4) is 11.5 Å². The Bertz CT molecular complexity index is 1010. The number of rotatable bonds is 2.